The van der Waals surface area contributed by atoms with E-state index in [1.165, 1.54) is 18.4 Å². The zero-order valence-electron chi connectivity index (χ0n) is 7.33. The Hall–Kier alpha value is -0.370. The van der Waals surface area contributed by atoms with Crippen molar-refractivity contribution in [3.63, 3.8) is 0 Å². The molecule has 0 aliphatic rings. The predicted octanol–water partition coefficient (Wildman–Crippen LogP) is 3.19. The van der Waals surface area contributed by atoms with Crippen molar-refractivity contribution in [1.29, 1.82) is 0 Å². The zero-order chi connectivity index (χ0) is 8.81. The van der Waals surface area contributed by atoms with Gasteiger partial charge in [-0.1, -0.05) is 28.9 Å². The summed E-state index contributed by atoms with van der Waals surface area (Å²) in [6.45, 7) is 2.20. The van der Waals surface area contributed by atoms with Gasteiger partial charge in [-0.2, -0.15) is 0 Å². The van der Waals surface area contributed by atoms with Gasteiger partial charge in [-0.3, -0.25) is 4.98 Å². The average molecular weight is 228 g/mol. The molecular weight excluding hydrogens is 214 g/mol. The molecule has 2 heteroatoms. The molecule has 0 aromatic carbocycles. The van der Waals surface area contributed by atoms with Crippen molar-refractivity contribution in [3.8, 4) is 0 Å². The number of hydrogen-bond donors (Lipinski definition) is 0. The molecule has 1 nitrogen and oxygen atoms in total. The summed E-state index contributed by atoms with van der Waals surface area (Å²) in [7, 11) is 0. The van der Waals surface area contributed by atoms with Gasteiger partial charge in [0, 0.05) is 17.2 Å². The van der Waals surface area contributed by atoms with Gasteiger partial charge in [0.05, 0.1) is 0 Å². The molecular formula is C10H14BrN. The largest absolute Gasteiger partial charge is 0.264 e. The summed E-state index contributed by atoms with van der Waals surface area (Å²) in [5.41, 5.74) is 1.33. The first-order valence-corrected chi connectivity index (χ1v) is 5.27. The highest BCUT2D eigenvalue weighted by atomic mass is 79.9. The third-order valence-corrected chi connectivity index (χ3v) is 3.02. The van der Waals surface area contributed by atoms with Crippen LogP contribution in [0.3, 0.4) is 0 Å². The molecule has 0 N–H and O–H groups in total. The third kappa shape index (κ3) is 3.35. The van der Waals surface area contributed by atoms with Gasteiger partial charge in [-0.25, -0.2) is 0 Å². The lowest BCUT2D eigenvalue weighted by molar-refractivity contribution is 0.745. The van der Waals surface area contributed by atoms with Crippen molar-refractivity contribution in [2.45, 2.75) is 31.0 Å². The Kier molecular flexibility index (Phi) is 4.30. The van der Waals surface area contributed by atoms with Crippen LogP contribution in [-0.4, -0.2) is 9.81 Å². The molecule has 0 spiro atoms. The lowest BCUT2D eigenvalue weighted by atomic mass is 10.1. The molecule has 1 rings (SSSR count). The molecule has 1 aromatic heterocycles. The fraction of sp³-hybridized carbons (Fsp3) is 0.500. The molecule has 0 aliphatic carbocycles. The normalized spacial score (nSPS) is 12.8. The SMILES string of the molecule is CCC(Br)CCc1cccnc1. The fourth-order valence-corrected chi connectivity index (χ4v) is 1.30. The molecule has 12 heavy (non-hydrogen) atoms. The summed E-state index contributed by atoms with van der Waals surface area (Å²) in [6, 6.07) is 4.12. The van der Waals surface area contributed by atoms with Gasteiger partial charge in [0.25, 0.3) is 0 Å². The van der Waals surface area contributed by atoms with Crippen molar-refractivity contribution in [2.75, 3.05) is 0 Å². The second kappa shape index (κ2) is 5.31. The van der Waals surface area contributed by atoms with Crippen LogP contribution in [0.4, 0.5) is 0 Å². The molecule has 1 heterocycles. The van der Waals surface area contributed by atoms with E-state index < -0.39 is 0 Å². The van der Waals surface area contributed by atoms with E-state index in [9.17, 15) is 0 Å². The lowest BCUT2D eigenvalue weighted by Gasteiger charge is -2.05. The van der Waals surface area contributed by atoms with Crippen LogP contribution < -0.4 is 0 Å². The Balaban J connectivity index is 2.33. The van der Waals surface area contributed by atoms with Gasteiger partial charge in [0.15, 0.2) is 0 Å². The van der Waals surface area contributed by atoms with Crippen molar-refractivity contribution in [2.24, 2.45) is 0 Å². The lowest BCUT2D eigenvalue weighted by Crippen LogP contribution is -1.97. The Morgan fingerprint density at radius 1 is 1.58 bits per heavy atom. The number of aryl methyl sites for hydroxylation is 1. The Morgan fingerprint density at radius 2 is 2.42 bits per heavy atom. The number of nitrogens with zero attached hydrogens (tertiary/aromatic N) is 1. The summed E-state index contributed by atoms with van der Waals surface area (Å²) in [5, 5.41) is 0. The summed E-state index contributed by atoms with van der Waals surface area (Å²) in [4.78, 5) is 4.72. The first-order chi connectivity index (χ1) is 5.83. The summed E-state index contributed by atoms with van der Waals surface area (Å²) >= 11 is 3.61. The summed E-state index contributed by atoms with van der Waals surface area (Å²) < 4.78 is 0. The summed E-state index contributed by atoms with van der Waals surface area (Å²) in [6.07, 6.45) is 7.27. The van der Waals surface area contributed by atoms with E-state index >= 15 is 0 Å². The minimum Gasteiger partial charge on any atom is -0.264 e. The highest BCUT2D eigenvalue weighted by Gasteiger charge is 2.00. The number of pyridine rings is 1. The van der Waals surface area contributed by atoms with E-state index in [0.29, 0.717) is 4.83 Å². The second-order valence-electron chi connectivity index (χ2n) is 2.91. The van der Waals surface area contributed by atoms with E-state index in [1.807, 2.05) is 18.5 Å². The Bertz CT molecular complexity index is 210. The van der Waals surface area contributed by atoms with Crippen LogP contribution in [0.25, 0.3) is 0 Å². The quantitative estimate of drug-likeness (QED) is 0.721. The van der Waals surface area contributed by atoms with Crippen molar-refractivity contribution in [1.82, 2.24) is 4.98 Å². The van der Waals surface area contributed by atoms with Crippen molar-refractivity contribution in [3.05, 3.63) is 30.1 Å². The van der Waals surface area contributed by atoms with Gasteiger partial charge < -0.3 is 0 Å². The standard InChI is InChI=1S/C10H14BrN/c1-2-10(11)6-5-9-4-3-7-12-8-9/h3-4,7-8,10H,2,5-6H2,1H3. The number of halogens is 1. The van der Waals surface area contributed by atoms with Gasteiger partial charge in [0.2, 0.25) is 0 Å². The van der Waals surface area contributed by atoms with E-state index in [1.54, 1.807) is 0 Å². The molecule has 0 fully saturated rings. The van der Waals surface area contributed by atoms with Crippen LogP contribution >= 0.6 is 15.9 Å². The van der Waals surface area contributed by atoms with E-state index in [2.05, 4.69) is 33.9 Å². The number of rotatable bonds is 4. The van der Waals surface area contributed by atoms with Crippen LogP contribution in [0.2, 0.25) is 0 Å². The van der Waals surface area contributed by atoms with E-state index in [-0.39, 0.29) is 0 Å². The molecule has 0 saturated carbocycles. The predicted molar refractivity (Wildman–Crippen MR) is 55.6 cm³/mol. The maximum absolute atomic E-state index is 4.07. The molecule has 0 aliphatic heterocycles. The van der Waals surface area contributed by atoms with Crippen LogP contribution in [0, 0.1) is 0 Å². The molecule has 0 amide bonds. The molecule has 0 radical (unpaired) electrons. The van der Waals surface area contributed by atoms with Crippen LogP contribution in [0.15, 0.2) is 24.5 Å². The Morgan fingerprint density at radius 3 is 3.00 bits per heavy atom. The van der Waals surface area contributed by atoms with Crippen LogP contribution in [-0.2, 0) is 6.42 Å². The smallest absolute Gasteiger partial charge is 0.0299 e. The van der Waals surface area contributed by atoms with Crippen molar-refractivity contribution < 1.29 is 0 Å². The first-order valence-electron chi connectivity index (χ1n) is 4.36. The summed E-state index contributed by atoms with van der Waals surface area (Å²) in [5.74, 6) is 0. The average Bonchev–Trinajstić information content (AvgIpc) is 2.16. The van der Waals surface area contributed by atoms with Gasteiger partial charge in [-0.15, -0.1) is 0 Å². The molecule has 0 bridgehead atoms. The monoisotopic (exact) mass is 227 g/mol. The molecule has 66 valence electrons. The molecule has 1 atom stereocenters. The van der Waals surface area contributed by atoms with Crippen LogP contribution in [0.1, 0.15) is 25.3 Å². The van der Waals surface area contributed by atoms with Crippen LogP contribution in [0.5, 0.6) is 0 Å². The number of hydrogen-bond acceptors (Lipinski definition) is 1. The Labute approximate surface area is 82.3 Å². The minimum absolute atomic E-state index is 0.651. The number of alkyl halides is 1. The minimum atomic E-state index is 0.651. The number of aromatic nitrogens is 1. The van der Waals surface area contributed by atoms with E-state index in [4.69, 9.17) is 0 Å². The maximum atomic E-state index is 4.07. The van der Waals surface area contributed by atoms with Gasteiger partial charge >= 0.3 is 0 Å². The first kappa shape index (κ1) is 9.72. The molecule has 1 unspecified atom stereocenters. The highest BCUT2D eigenvalue weighted by Crippen LogP contribution is 2.12. The van der Waals surface area contributed by atoms with Crippen molar-refractivity contribution >= 4 is 15.9 Å². The topological polar surface area (TPSA) is 12.9 Å². The maximum Gasteiger partial charge on any atom is 0.0299 e. The van der Waals surface area contributed by atoms with Gasteiger partial charge in [0.1, 0.15) is 0 Å². The third-order valence-electron chi connectivity index (χ3n) is 1.91. The fourth-order valence-electron chi connectivity index (χ4n) is 1.07. The second-order valence-corrected chi connectivity index (χ2v) is 4.20. The molecule has 1 aromatic rings. The highest BCUT2D eigenvalue weighted by molar-refractivity contribution is 9.09. The van der Waals surface area contributed by atoms with Gasteiger partial charge in [-0.05, 0) is 30.9 Å². The van der Waals surface area contributed by atoms with E-state index in [0.717, 1.165) is 6.42 Å². The zero-order valence-corrected chi connectivity index (χ0v) is 8.92. The molecule has 0 saturated heterocycles.